The summed E-state index contributed by atoms with van der Waals surface area (Å²) in [7, 11) is 0. The maximum atomic E-state index is 9.16. The fourth-order valence-corrected chi connectivity index (χ4v) is 1.69. The zero-order valence-corrected chi connectivity index (χ0v) is 7.91. The number of aliphatic hydroxyl groups is 2. The molecule has 0 saturated carbocycles. The van der Waals surface area contributed by atoms with Gasteiger partial charge in [0, 0.05) is 11.5 Å². The lowest BCUT2D eigenvalue weighted by molar-refractivity contribution is 0.0501. The molecule has 0 aromatic carbocycles. The maximum absolute atomic E-state index is 9.16. The fraction of sp³-hybridized carbons (Fsp3) is 1.00. The summed E-state index contributed by atoms with van der Waals surface area (Å²) in [6.07, 6.45) is 2.69. The van der Waals surface area contributed by atoms with E-state index in [1.54, 1.807) is 23.5 Å². The molecule has 2 unspecified atom stereocenters. The number of aliphatic hydroxyl groups excluding tert-OH is 2. The summed E-state index contributed by atoms with van der Waals surface area (Å²) in [4.78, 5) is 0. The highest BCUT2D eigenvalue weighted by Gasteiger charge is 2.13. The van der Waals surface area contributed by atoms with Crippen LogP contribution in [0.3, 0.4) is 0 Å². The minimum atomic E-state index is -0.567. The Bertz CT molecular complexity index is 70.1. The van der Waals surface area contributed by atoms with Gasteiger partial charge in [-0.1, -0.05) is 0 Å². The van der Waals surface area contributed by atoms with Crippen LogP contribution in [0.5, 0.6) is 0 Å². The van der Waals surface area contributed by atoms with E-state index < -0.39 is 12.2 Å². The first-order chi connectivity index (χ1) is 4.72. The number of hydrogen-bond donors (Lipinski definition) is 2. The van der Waals surface area contributed by atoms with Gasteiger partial charge in [-0.3, -0.25) is 0 Å². The van der Waals surface area contributed by atoms with Crippen LogP contribution < -0.4 is 0 Å². The number of hydrogen-bond acceptors (Lipinski definition) is 4. The molecule has 0 fully saturated rings. The molecular formula is C6H14O2S2. The van der Waals surface area contributed by atoms with Crippen molar-refractivity contribution in [3.63, 3.8) is 0 Å². The molecule has 0 aliphatic carbocycles. The Morgan fingerprint density at radius 1 is 1.00 bits per heavy atom. The number of thioether (sulfide) groups is 2. The Kier molecular flexibility index (Phi) is 6.73. The Balaban J connectivity index is 3.38. The fourth-order valence-electron chi connectivity index (χ4n) is 0.564. The lowest BCUT2D eigenvalue weighted by Crippen LogP contribution is -2.30. The smallest absolute Gasteiger partial charge is 0.0897 e. The molecule has 2 nitrogen and oxygen atoms in total. The molecule has 10 heavy (non-hydrogen) atoms. The third-order valence-corrected chi connectivity index (χ3v) is 2.47. The van der Waals surface area contributed by atoms with E-state index in [0.29, 0.717) is 11.5 Å². The predicted octanol–water partition coefficient (Wildman–Crippen LogP) is 0.434. The Morgan fingerprint density at radius 2 is 1.30 bits per heavy atom. The summed E-state index contributed by atoms with van der Waals surface area (Å²) in [5, 5.41) is 18.3. The molecule has 0 aliphatic rings. The standard InChI is InChI=1S/C6H14O2S2/c1-9-3-5(7)6(8)4-10-2/h5-8H,3-4H2,1-2H3. The molecule has 0 amide bonds. The van der Waals surface area contributed by atoms with Gasteiger partial charge in [0.1, 0.15) is 0 Å². The Morgan fingerprint density at radius 3 is 1.50 bits per heavy atom. The minimum Gasteiger partial charge on any atom is -0.390 e. The first-order valence-corrected chi connectivity index (χ1v) is 5.85. The van der Waals surface area contributed by atoms with Crippen molar-refractivity contribution in [2.24, 2.45) is 0 Å². The van der Waals surface area contributed by atoms with Crippen molar-refractivity contribution >= 4 is 23.5 Å². The third kappa shape index (κ3) is 4.44. The second-order valence-corrected chi connectivity index (χ2v) is 3.87. The van der Waals surface area contributed by atoms with Crippen molar-refractivity contribution in [2.75, 3.05) is 24.0 Å². The van der Waals surface area contributed by atoms with Crippen molar-refractivity contribution in [3.8, 4) is 0 Å². The van der Waals surface area contributed by atoms with Crippen LogP contribution in [0.4, 0.5) is 0 Å². The minimum absolute atomic E-state index is 0.567. The van der Waals surface area contributed by atoms with E-state index in [2.05, 4.69) is 0 Å². The molecule has 0 aromatic rings. The first kappa shape index (κ1) is 10.6. The van der Waals surface area contributed by atoms with E-state index in [4.69, 9.17) is 10.2 Å². The molecule has 4 heteroatoms. The molecule has 2 N–H and O–H groups in total. The summed E-state index contributed by atoms with van der Waals surface area (Å²) < 4.78 is 0. The monoisotopic (exact) mass is 182 g/mol. The van der Waals surface area contributed by atoms with Crippen molar-refractivity contribution in [2.45, 2.75) is 12.2 Å². The second-order valence-electron chi connectivity index (χ2n) is 2.05. The highest BCUT2D eigenvalue weighted by molar-refractivity contribution is 7.98. The molecule has 0 aliphatic heterocycles. The van der Waals surface area contributed by atoms with Crippen LogP contribution in [0.2, 0.25) is 0 Å². The second kappa shape index (κ2) is 6.34. The van der Waals surface area contributed by atoms with Gasteiger partial charge >= 0.3 is 0 Å². The van der Waals surface area contributed by atoms with Crippen molar-refractivity contribution in [1.29, 1.82) is 0 Å². The molecule has 2 atom stereocenters. The lowest BCUT2D eigenvalue weighted by Gasteiger charge is -2.14. The lowest BCUT2D eigenvalue weighted by atomic mass is 10.3. The molecule has 0 aromatic heterocycles. The van der Waals surface area contributed by atoms with Gasteiger partial charge in [0.2, 0.25) is 0 Å². The summed E-state index contributed by atoms with van der Waals surface area (Å²) in [5.74, 6) is 1.23. The van der Waals surface area contributed by atoms with Gasteiger partial charge in [0.25, 0.3) is 0 Å². The summed E-state index contributed by atoms with van der Waals surface area (Å²) >= 11 is 3.09. The molecule has 0 spiro atoms. The van der Waals surface area contributed by atoms with Crippen LogP contribution in [0.15, 0.2) is 0 Å². The van der Waals surface area contributed by atoms with Crippen LogP contribution >= 0.6 is 23.5 Å². The van der Waals surface area contributed by atoms with Crippen molar-refractivity contribution in [3.05, 3.63) is 0 Å². The topological polar surface area (TPSA) is 40.5 Å². The number of rotatable bonds is 5. The van der Waals surface area contributed by atoms with Crippen LogP contribution in [-0.2, 0) is 0 Å². The largest absolute Gasteiger partial charge is 0.390 e. The Hall–Kier alpha value is 0.620. The Labute approximate surface area is 70.4 Å². The SMILES string of the molecule is CSCC(O)C(O)CSC. The van der Waals surface area contributed by atoms with Crippen LogP contribution in [0, 0.1) is 0 Å². The van der Waals surface area contributed by atoms with Crippen molar-refractivity contribution < 1.29 is 10.2 Å². The highest BCUT2D eigenvalue weighted by Crippen LogP contribution is 2.06. The van der Waals surface area contributed by atoms with Gasteiger partial charge in [0.15, 0.2) is 0 Å². The van der Waals surface area contributed by atoms with E-state index in [1.807, 2.05) is 12.5 Å². The van der Waals surface area contributed by atoms with Crippen LogP contribution in [0.25, 0.3) is 0 Å². The molecule has 0 bridgehead atoms. The molecule has 62 valence electrons. The molecule has 0 saturated heterocycles. The highest BCUT2D eigenvalue weighted by atomic mass is 32.2. The van der Waals surface area contributed by atoms with Crippen molar-refractivity contribution in [1.82, 2.24) is 0 Å². The van der Waals surface area contributed by atoms with E-state index in [9.17, 15) is 0 Å². The normalized spacial score (nSPS) is 16.8. The van der Waals surface area contributed by atoms with E-state index >= 15 is 0 Å². The van der Waals surface area contributed by atoms with E-state index in [1.165, 1.54) is 0 Å². The molecule has 0 rings (SSSR count). The molecule has 0 radical (unpaired) electrons. The zero-order chi connectivity index (χ0) is 7.98. The summed E-state index contributed by atoms with van der Waals surface area (Å²) in [6, 6.07) is 0. The average molecular weight is 182 g/mol. The summed E-state index contributed by atoms with van der Waals surface area (Å²) in [5.41, 5.74) is 0. The van der Waals surface area contributed by atoms with E-state index in [0.717, 1.165) is 0 Å². The summed E-state index contributed by atoms with van der Waals surface area (Å²) in [6.45, 7) is 0. The predicted molar refractivity (Wildman–Crippen MR) is 48.8 cm³/mol. The first-order valence-electron chi connectivity index (χ1n) is 3.06. The van der Waals surface area contributed by atoms with Gasteiger partial charge in [0.05, 0.1) is 12.2 Å². The zero-order valence-electron chi connectivity index (χ0n) is 6.28. The molecular weight excluding hydrogens is 168 g/mol. The van der Waals surface area contributed by atoms with E-state index in [-0.39, 0.29) is 0 Å². The van der Waals surface area contributed by atoms with Gasteiger partial charge in [-0.05, 0) is 12.5 Å². The molecule has 0 heterocycles. The third-order valence-electron chi connectivity index (χ3n) is 1.12. The average Bonchev–Trinajstić information content (AvgIpc) is 1.89. The van der Waals surface area contributed by atoms with Gasteiger partial charge in [-0.15, -0.1) is 0 Å². The van der Waals surface area contributed by atoms with Gasteiger partial charge in [-0.2, -0.15) is 23.5 Å². The maximum Gasteiger partial charge on any atom is 0.0897 e. The van der Waals surface area contributed by atoms with Crippen LogP contribution in [-0.4, -0.2) is 46.4 Å². The quantitative estimate of drug-likeness (QED) is 0.647. The van der Waals surface area contributed by atoms with Crippen LogP contribution in [0.1, 0.15) is 0 Å². The van der Waals surface area contributed by atoms with Gasteiger partial charge in [-0.25, -0.2) is 0 Å². The van der Waals surface area contributed by atoms with Gasteiger partial charge < -0.3 is 10.2 Å².